The molecule has 0 aliphatic carbocycles. The number of carbonyl (C=O) groups excluding carboxylic acids is 1. The Labute approximate surface area is 172 Å². The van der Waals surface area contributed by atoms with E-state index in [1.54, 1.807) is 30.6 Å². The van der Waals surface area contributed by atoms with Gasteiger partial charge in [-0.1, -0.05) is 65.8 Å². The summed E-state index contributed by atoms with van der Waals surface area (Å²) in [5.41, 5.74) is 4.36. The highest BCUT2D eigenvalue weighted by molar-refractivity contribution is 6.15. The summed E-state index contributed by atoms with van der Waals surface area (Å²) in [5, 5.41) is 7.72. The lowest BCUT2D eigenvalue weighted by atomic mass is 10.0. The van der Waals surface area contributed by atoms with Crippen molar-refractivity contribution in [2.45, 2.75) is 0 Å². The van der Waals surface area contributed by atoms with Crippen LogP contribution in [0.4, 0.5) is 5.69 Å². The Bertz CT molecular complexity index is 1320. The molecule has 5 rings (SSSR count). The number of carbonyl (C=O) groups is 1. The monoisotopic (exact) mass is 392 g/mol. The lowest BCUT2D eigenvalue weighted by Crippen LogP contribution is -2.13. The van der Waals surface area contributed by atoms with Gasteiger partial charge < -0.3 is 9.84 Å². The first-order valence-electron chi connectivity index (χ1n) is 9.42. The van der Waals surface area contributed by atoms with Crippen molar-refractivity contribution in [3.05, 3.63) is 96.8 Å². The summed E-state index contributed by atoms with van der Waals surface area (Å²) in [4.78, 5) is 21.9. The molecule has 0 saturated heterocycles. The highest BCUT2D eigenvalue weighted by Gasteiger charge is 2.22. The molecule has 0 unspecified atom stereocenters. The van der Waals surface area contributed by atoms with E-state index in [2.05, 4.69) is 20.4 Å². The lowest BCUT2D eigenvalue weighted by Gasteiger charge is -2.09. The Balaban J connectivity index is 1.70. The fraction of sp³-hybridized carbons (Fsp3) is 0. The van der Waals surface area contributed by atoms with Gasteiger partial charge in [0.15, 0.2) is 0 Å². The number of pyridine rings is 2. The maximum atomic E-state index is 13.3. The Morgan fingerprint density at radius 1 is 0.833 bits per heavy atom. The fourth-order valence-electron chi connectivity index (χ4n) is 3.31. The van der Waals surface area contributed by atoms with Crippen LogP contribution in [0.2, 0.25) is 0 Å². The molecule has 0 aliphatic heterocycles. The Hall–Kier alpha value is -4.32. The van der Waals surface area contributed by atoms with Gasteiger partial charge in [0.25, 0.3) is 11.6 Å². The average Bonchev–Trinajstić information content (AvgIpc) is 3.24. The molecule has 0 spiro atoms. The minimum Gasteiger partial charge on any atom is -0.335 e. The quantitative estimate of drug-likeness (QED) is 0.454. The predicted octanol–water partition coefficient (Wildman–Crippen LogP) is 5.20. The van der Waals surface area contributed by atoms with Gasteiger partial charge in [0.2, 0.25) is 0 Å². The van der Waals surface area contributed by atoms with Gasteiger partial charge in [0.1, 0.15) is 5.69 Å². The Kier molecular flexibility index (Phi) is 4.50. The van der Waals surface area contributed by atoms with E-state index < -0.39 is 0 Å². The minimum atomic E-state index is -0.272. The number of nitrogens with one attached hydrogen (secondary N) is 1. The first-order valence-corrected chi connectivity index (χ1v) is 9.42. The van der Waals surface area contributed by atoms with Crippen LogP contribution in [0.15, 0.2) is 95.8 Å². The van der Waals surface area contributed by atoms with Crippen molar-refractivity contribution in [1.82, 2.24) is 15.1 Å². The molecule has 0 atom stereocenters. The largest absolute Gasteiger partial charge is 0.335 e. The SMILES string of the molecule is O=C(Nc1ccncc1)c1cc(-c2ccccc2)nc2onc(-c3ccccc3)c12. The first-order chi connectivity index (χ1) is 14.8. The number of nitrogens with zero attached hydrogens (tertiary/aromatic N) is 3. The number of fused-ring (bicyclic) bond motifs is 1. The van der Waals surface area contributed by atoms with Crippen molar-refractivity contribution in [2.24, 2.45) is 0 Å². The molecule has 6 heteroatoms. The Morgan fingerprint density at radius 3 is 2.20 bits per heavy atom. The summed E-state index contributed by atoms with van der Waals surface area (Å²) < 4.78 is 5.56. The van der Waals surface area contributed by atoms with Crippen LogP contribution in [0.25, 0.3) is 33.6 Å². The van der Waals surface area contributed by atoms with Crippen LogP contribution < -0.4 is 5.32 Å². The zero-order chi connectivity index (χ0) is 20.3. The molecule has 1 amide bonds. The maximum absolute atomic E-state index is 13.3. The van der Waals surface area contributed by atoms with Gasteiger partial charge in [0, 0.05) is 29.2 Å². The fourth-order valence-corrected chi connectivity index (χ4v) is 3.31. The summed E-state index contributed by atoms with van der Waals surface area (Å²) >= 11 is 0. The molecular weight excluding hydrogens is 376 g/mol. The topological polar surface area (TPSA) is 80.9 Å². The highest BCUT2D eigenvalue weighted by atomic mass is 16.5. The van der Waals surface area contributed by atoms with Gasteiger partial charge in [-0.25, -0.2) is 4.98 Å². The van der Waals surface area contributed by atoms with Crippen molar-refractivity contribution >= 4 is 22.7 Å². The molecule has 5 aromatic rings. The van der Waals surface area contributed by atoms with Crippen molar-refractivity contribution in [2.75, 3.05) is 5.32 Å². The minimum absolute atomic E-state index is 0.272. The molecule has 0 fully saturated rings. The smallest absolute Gasteiger partial charge is 0.259 e. The van der Waals surface area contributed by atoms with Gasteiger partial charge in [0.05, 0.1) is 16.6 Å². The van der Waals surface area contributed by atoms with E-state index >= 15 is 0 Å². The van der Waals surface area contributed by atoms with E-state index in [1.807, 2.05) is 60.7 Å². The standard InChI is InChI=1S/C24H16N4O2/c29-23(26-18-11-13-25-14-12-18)19-15-20(16-7-3-1-4-8-16)27-24-21(19)22(28-30-24)17-9-5-2-6-10-17/h1-15H,(H,25,26,29). The van der Waals surface area contributed by atoms with E-state index in [0.717, 1.165) is 11.1 Å². The number of amides is 1. The van der Waals surface area contributed by atoms with E-state index in [-0.39, 0.29) is 5.91 Å². The van der Waals surface area contributed by atoms with Crippen molar-refractivity contribution < 1.29 is 9.32 Å². The zero-order valence-electron chi connectivity index (χ0n) is 15.8. The average molecular weight is 392 g/mol. The van der Waals surface area contributed by atoms with E-state index in [1.165, 1.54) is 0 Å². The summed E-state index contributed by atoms with van der Waals surface area (Å²) in [7, 11) is 0. The zero-order valence-corrected chi connectivity index (χ0v) is 15.8. The van der Waals surface area contributed by atoms with Crippen LogP contribution in [0.1, 0.15) is 10.4 Å². The number of aromatic nitrogens is 3. The van der Waals surface area contributed by atoms with Gasteiger partial charge in [-0.3, -0.25) is 9.78 Å². The van der Waals surface area contributed by atoms with Crippen molar-refractivity contribution in [3.63, 3.8) is 0 Å². The molecule has 0 radical (unpaired) electrons. The molecule has 2 aromatic carbocycles. The summed E-state index contributed by atoms with van der Waals surface area (Å²) in [5.74, 6) is -0.272. The number of benzene rings is 2. The van der Waals surface area contributed by atoms with Crippen molar-refractivity contribution in [3.8, 4) is 22.5 Å². The van der Waals surface area contributed by atoms with Crippen LogP contribution in [0, 0.1) is 0 Å². The molecule has 0 saturated carbocycles. The molecule has 3 heterocycles. The summed E-state index contributed by atoms with van der Waals surface area (Å²) in [6.45, 7) is 0. The molecule has 1 N–H and O–H groups in total. The third kappa shape index (κ3) is 3.31. The predicted molar refractivity (Wildman–Crippen MR) is 115 cm³/mol. The van der Waals surface area contributed by atoms with E-state index in [9.17, 15) is 4.79 Å². The third-order valence-corrected chi connectivity index (χ3v) is 4.75. The van der Waals surface area contributed by atoms with Gasteiger partial charge in [-0.05, 0) is 18.2 Å². The van der Waals surface area contributed by atoms with Crippen LogP contribution in [0.3, 0.4) is 0 Å². The van der Waals surface area contributed by atoms with E-state index in [0.29, 0.717) is 33.7 Å². The second-order valence-corrected chi connectivity index (χ2v) is 6.69. The molecule has 0 aliphatic rings. The Morgan fingerprint density at radius 2 is 1.50 bits per heavy atom. The second-order valence-electron chi connectivity index (χ2n) is 6.69. The molecule has 0 bridgehead atoms. The number of hydrogen-bond donors (Lipinski definition) is 1. The van der Waals surface area contributed by atoms with Crippen LogP contribution >= 0.6 is 0 Å². The highest BCUT2D eigenvalue weighted by Crippen LogP contribution is 2.33. The summed E-state index contributed by atoms with van der Waals surface area (Å²) in [6, 6.07) is 24.5. The number of anilines is 1. The second kappa shape index (κ2) is 7.60. The van der Waals surface area contributed by atoms with E-state index in [4.69, 9.17) is 4.52 Å². The lowest BCUT2D eigenvalue weighted by molar-refractivity contribution is 0.102. The summed E-state index contributed by atoms with van der Waals surface area (Å²) in [6.07, 6.45) is 3.25. The molecule has 3 aromatic heterocycles. The maximum Gasteiger partial charge on any atom is 0.259 e. The normalized spacial score (nSPS) is 10.8. The van der Waals surface area contributed by atoms with Gasteiger partial charge >= 0.3 is 0 Å². The molecular formula is C24H16N4O2. The number of hydrogen-bond acceptors (Lipinski definition) is 5. The van der Waals surface area contributed by atoms with Gasteiger partial charge in [-0.2, -0.15) is 0 Å². The van der Waals surface area contributed by atoms with Crippen LogP contribution in [-0.4, -0.2) is 21.0 Å². The molecule has 6 nitrogen and oxygen atoms in total. The molecule has 30 heavy (non-hydrogen) atoms. The van der Waals surface area contributed by atoms with Crippen LogP contribution in [-0.2, 0) is 0 Å². The van der Waals surface area contributed by atoms with Crippen LogP contribution in [0.5, 0.6) is 0 Å². The molecule has 144 valence electrons. The number of rotatable bonds is 4. The van der Waals surface area contributed by atoms with Gasteiger partial charge in [-0.15, -0.1) is 0 Å². The van der Waals surface area contributed by atoms with Crippen molar-refractivity contribution in [1.29, 1.82) is 0 Å². The first kappa shape index (κ1) is 17.8. The third-order valence-electron chi connectivity index (χ3n) is 4.75.